The van der Waals surface area contributed by atoms with Gasteiger partial charge in [0, 0.05) is 29.4 Å². The number of morpholine rings is 1. The van der Waals surface area contributed by atoms with Crippen molar-refractivity contribution in [2.45, 2.75) is 19.0 Å². The highest BCUT2D eigenvalue weighted by atomic mass is 35.5. The molecule has 1 aliphatic heterocycles. The molecule has 0 amide bonds. The van der Waals surface area contributed by atoms with Crippen LogP contribution in [-0.4, -0.2) is 37.2 Å². The minimum absolute atomic E-state index is 0.274. The Hall–Kier alpha value is -0.130. The van der Waals surface area contributed by atoms with Crippen molar-refractivity contribution in [3.05, 3.63) is 21.3 Å². The second-order valence-electron chi connectivity index (χ2n) is 4.08. The maximum Gasteiger partial charge on any atom is 0.0620 e. The highest BCUT2D eigenvalue weighted by molar-refractivity contribution is 7.10. The minimum atomic E-state index is 0.274. The maximum absolute atomic E-state index is 5.96. The van der Waals surface area contributed by atoms with E-state index in [2.05, 4.69) is 11.8 Å². The number of ether oxygens (including phenoxy) is 1. The van der Waals surface area contributed by atoms with Crippen molar-refractivity contribution in [3.63, 3.8) is 0 Å². The standard InChI is InChI=1S/C11H17ClN2OS/c1-8-6-15-3-2-14(8)10(5-13)11-4-9(12)7-16-11/h4,7-8,10H,2-3,5-6,13H2,1H3. The topological polar surface area (TPSA) is 38.5 Å². The molecule has 1 aromatic rings. The molecule has 16 heavy (non-hydrogen) atoms. The minimum Gasteiger partial charge on any atom is -0.379 e. The molecular weight excluding hydrogens is 244 g/mol. The fraction of sp³-hybridized carbons (Fsp3) is 0.636. The van der Waals surface area contributed by atoms with Crippen LogP contribution >= 0.6 is 22.9 Å². The van der Waals surface area contributed by atoms with Gasteiger partial charge in [0.2, 0.25) is 0 Å². The average Bonchev–Trinajstić information content (AvgIpc) is 2.69. The van der Waals surface area contributed by atoms with Gasteiger partial charge in [-0.2, -0.15) is 0 Å². The second kappa shape index (κ2) is 5.47. The van der Waals surface area contributed by atoms with E-state index in [9.17, 15) is 0 Å². The first-order valence-corrected chi connectivity index (χ1v) is 6.75. The van der Waals surface area contributed by atoms with Crippen molar-refractivity contribution in [1.82, 2.24) is 4.90 Å². The Morgan fingerprint density at radius 2 is 2.56 bits per heavy atom. The van der Waals surface area contributed by atoms with Gasteiger partial charge in [0.15, 0.2) is 0 Å². The van der Waals surface area contributed by atoms with Crippen molar-refractivity contribution in [3.8, 4) is 0 Å². The van der Waals surface area contributed by atoms with Crippen LogP contribution < -0.4 is 5.73 Å². The van der Waals surface area contributed by atoms with Crippen LogP contribution in [-0.2, 0) is 4.74 Å². The summed E-state index contributed by atoms with van der Waals surface area (Å²) >= 11 is 7.65. The second-order valence-corrected chi connectivity index (χ2v) is 5.46. The summed E-state index contributed by atoms with van der Waals surface area (Å²) in [4.78, 5) is 3.66. The van der Waals surface area contributed by atoms with Crippen LogP contribution in [0.3, 0.4) is 0 Å². The Kier molecular flexibility index (Phi) is 4.21. The molecule has 1 aliphatic rings. The zero-order valence-electron chi connectivity index (χ0n) is 9.36. The molecule has 0 spiro atoms. The predicted molar refractivity (Wildman–Crippen MR) is 68.1 cm³/mol. The summed E-state index contributed by atoms with van der Waals surface area (Å²) in [6, 6.07) is 2.71. The summed E-state index contributed by atoms with van der Waals surface area (Å²) in [5, 5.41) is 2.77. The van der Waals surface area contributed by atoms with Gasteiger partial charge in [-0.05, 0) is 13.0 Å². The number of nitrogens with two attached hydrogens (primary N) is 1. The van der Waals surface area contributed by atoms with Crippen LogP contribution in [0.4, 0.5) is 0 Å². The van der Waals surface area contributed by atoms with Gasteiger partial charge in [-0.3, -0.25) is 4.90 Å². The summed E-state index contributed by atoms with van der Waals surface area (Å²) in [5.74, 6) is 0. The largest absolute Gasteiger partial charge is 0.379 e. The maximum atomic E-state index is 5.96. The number of rotatable bonds is 3. The highest BCUT2D eigenvalue weighted by Crippen LogP contribution is 2.30. The number of hydrogen-bond donors (Lipinski definition) is 1. The Bertz CT molecular complexity index is 344. The third kappa shape index (κ3) is 2.57. The first-order chi connectivity index (χ1) is 7.72. The summed E-state index contributed by atoms with van der Waals surface area (Å²) in [6.45, 7) is 5.33. The molecule has 2 rings (SSSR count). The predicted octanol–water partition coefficient (Wildman–Crippen LogP) is 2.12. The lowest BCUT2D eigenvalue weighted by Crippen LogP contribution is -2.47. The normalized spacial score (nSPS) is 24.6. The molecule has 2 atom stereocenters. The molecule has 1 aromatic heterocycles. The van der Waals surface area contributed by atoms with Crippen molar-refractivity contribution < 1.29 is 4.74 Å². The SMILES string of the molecule is CC1COCCN1C(CN)c1cc(Cl)cs1. The quantitative estimate of drug-likeness (QED) is 0.905. The first-order valence-electron chi connectivity index (χ1n) is 5.50. The molecule has 0 bridgehead atoms. The molecule has 0 aromatic carbocycles. The summed E-state index contributed by atoms with van der Waals surface area (Å²) < 4.78 is 5.44. The molecule has 0 radical (unpaired) electrons. The van der Waals surface area contributed by atoms with Crippen molar-refractivity contribution in [1.29, 1.82) is 0 Å². The number of hydrogen-bond acceptors (Lipinski definition) is 4. The van der Waals surface area contributed by atoms with Crippen LogP contribution in [0, 0.1) is 0 Å². The van der Waals surface area contributed by atoms with Crippen LogP contribution in [0.5, 0.6) is 0 Å². The lowest BCUT2D eigenvalue weighted by Gasteiger charge is -2.38. The first kappa shape index (κ1) is 12.3. The number of thiophene rings is 1. The molecule has 2 heterocycles. The van der Waals surface area contributed by atoms with E-state index in [4.69, 9.17) is 22.1 Å². The van der Waals surface area contributed by atoms with Crippen LogP contribution in [0.1, 0.15) is 17.8 Å². The molecule has 0 aliphatic carbocycles. The molecule has 90 valence electrons. The summed E-state index contributed by atoms with van der Waals surface area (Å²) in [7, 11) is 0. The molecule has 0 saturated carbocycles. The smallest absolute Gasteiger partial charge is 0.0620 e. The van der Waals surface area contributed by atoms with Crippen LogP contribution in [0.2, 0.25) is 5.02 Å². The molecule has 1 fully saturated rings. The van der Waals surface area contributed by atoms with E-state index in [-0.39, 0.29) is 6.04 Å². The molecule has 1 saturated heterocycles. The van der Waals surface area contributed by atoms with E-state index >= 15 is 0 Å². The molecular formula is C11H17ClN2OS. The van der Waals surface area contributed by atoms with Gasteiger partial charge in [-0.1, -0.05) is 11.6 Å². The lowest BCUT2D eigenvalue weighted by atomic mass is 10.1. The van der Waals surface area contributed by atoms with Crippen molar-refractivity contribution in [2.75, 3.05) is 26.3 Å². The molecule has 5 heteroatoms. The summed E-state index contributed by atoms with van der Waals surface area (Å²) in [5.41, 5.74) is 5.89. The van der Waals surface area contributed by atoms with E-state index in [0.29, 0.717) is 12.6 Å². The van der Waals surface area contributed by atoms with E-state index in [1.165, 1.54) is 4.88 Å². The van der Waals surface area contributed by atoms with E-state index in [1.807, 2.05) is 11.4 Å². The third-order valence-electron chi connectivity index (χ3n) is 2.96. The van der Waals surface area contributed by atoms with Crippen molar-refractivity contribution >= 4 is 22.9 Å². The lowest BCUT2D eigenvalue weighted by molar-refractivity contribution is -0.0202. The average molecular weight is 261 g/mol. The Labute approximate surface area is 105 Å². The van der Waals surface area contributed by atoms with Gasteiger partial charge in [-0.25, -0.2) is 0 Å². The van der Waals surface area contributed by atoms with Gasteiger partial charge >= 0.3 is 0 Å². The molecule has 3 nitrogen and oxygen atoms in total. The van der Waals surface area contributed by atoms with E-state index in [0.717, 1.165) is 24.8 Å². The number of halogens is 1. The zero-order chi connectivity index (χ0) is 11.5. The van der Waals surface area contributed by atoms with Gasteiger partial charge < -0.3 is 10.5 Å². The van der Waals surface area contributed by atoms with Gasteiger partial charge in [0.25, 0.3) is 0 Å². The summed E-state index contributed by atoms with van der Waals surface area (Å²) in [6.07, 6.45) is 0. The van der Waals surface area contributed by atoms with E-state index < -0.39 is 0 Å². The van der Waals surface area contributed by atoms with Gasteiger partial charge in [-0.15, -0.1) is 11.3 Å². The van der Waals surface area contributed by atoms with Crippen molar-refractivity contribution in [2.24, 2.45) is 5.73 Å². The monoisotopic (exact) mass is 260 g/mol. The van der Waals surface area contributed by atoms with E-state index in [1.54, 1.807) is 11.3 Å². The van der Waals surface area contributed by atoms with Gasteiger partial charge in [0.05, 0.1) is 24.3 Å². The van der Waals surface area contributed by atoms with Crippen LogP contribution in [0.15, 0.2) is 11.4 Å². The fourth-order valence-corrected chi connectivity index (χ4v) is 3.34. The Balaban J connectivity index is 2.14. The van der Waals surface area contributed by atoms with Crippen LogP contribution in [0.25, 0.3) is 0 Å². The Morgan fingerprint density at radius 3 is 3.12 bits per heavy atom. The van der Waals surface area contributed by atoms with Gasteiger partial charge in [0.1, 0.15) is 0 Å². The zero-order valence-corrected chi connectivity index (χ0v) is 10.9. The Morgan fingerprint density at radius 1 is 1.75 bits per heavy atom. The third-order valence-corrected chi connectivity index (χ3v) is 4.34. The molecule has 2 N–H and O–H groups in total. The highest BCUT2D eigenvalue weighted by Gasteiger charge is 2.27. The molecule has 2 unspecified atom stereocenters. The fourth-order valence-electron chi connectivity index (χ4n) is 2.12. The number of nitrogens with zero attached hydrogens (tertiary/aromatic N) is 1.